The predicted octanol–water partition coefficient (Wildman–Crippen LogP) is 2.05. The van der Waals surface area contributed by atoms with Crippen molar-refractivity contribution >= 4 is 23.4 Å². The molecule has 0 aliphatic rings. The van der Waals surface area contributed by atoms with E-state index in [1.54, 1.807) is 12.1 Å². The first kappa shape index (κ1) is 15.5. The lowest BCUT2D eigenvalue weighted by Crippen LogP contribution is -2.15. The molecule has 4 nitrogen and oxygen atoms in total. The van der Waals surface area contributed by atoms with Crippen LogP contribution in [0.4, 0.5) is 5.69 Å². The van der Waals surface area contributed by atoms with Gasteiger partial charge in [0.15, 0.2) is 0 Å². The fourth-order valence-corrected chi connectivity index (χ4v) is 2.28. The van der Waals surface area contributed by atoms with Gasteiger partial charge >= 0.3 is 0 Å². The third kappa shape index (κ3) is 6.27. The van der Waals surface area contributed by atoms with Crippen molar-refractivity contribution in [1.29, 1.82) is 5.26 Å². The number of benzene rings is 1. The van der Waals surface area contributed by atoms with E-state index in [0.717, 1.165) is 17.0 Å². The van der Waals surface area contributed by atoms with E-state index < -0.39 is 0 Å². The first-order valence-electron chi connectivity index (χ1n) is 6.10. The SMILES string of the molecule is CC(CO)CSCC(=O)Nc1ccc(CC#N)cc1. The van der Waals surface area contributed by atoms with E-state index in [-0.39, 0.29) is 18.4 Å². The average molecular weight is 278 g/mol. The molecule has 0 bridgehead atoms. The number of rotatable bonds is 7. The molecule has 0 fully saturated rings. The van der Waals surface area contributed by atoms with E-state index in [1.165, 1.54) is 11.8 Å². The maximum Gasteiger partial charge on any atom is 0.234 e. The van der Waals surface area contributed by atoms with Crippen LogP contribution in [-0.4, -0.2) is 29.1 Å². The first-order valence-corrected chi connectivity index (χ1v) is 7.25. The van der Waals surface area contributed by atoms with Gasteiger partial charge in [-0.2, -0.15) is 17.0 Å². The molecule has 1 aromatic carbocycles. The Labute approximate surface area is 117 Å². The van der Waals surface area contributed by atoms with Gasteiger partial charge in [-0.25, -0.2) is 0 Å². The molecule has 0 radical (unpaired) electrons. The number of aliphatic hydroxyl groups is 1. The lowest BCUT2D eigenvalue weighted by atomic mass is 10.1. The number of nitrogens with one attached hydrogen (secondary N) is 1. The molecule has 2 N–H and O–H groups in total. The normalized spacial score (nSPS) is 11.6. The Kier molecular flexibility index (Phi) is 7.01. The van der Waals surface area contributed by atoms with E-state index in [0.29, 0.717) is 12.2 Å². The van der Waals surface area contributed by atoms with Crippen LogP contribution in [0, 0.1) is 17.2 Å². The Balaban J connectivity index is 2.34. The fourth-order valence-electron chi connectivity index (χ4n) is 1.40. The highest BCUT2D eigenvalue weighted by Crippen LogP contribution is 2.12. The molecule has 0 aliphatic heterocycles. The summed E-state index contributed by atoms with van der Waals surface area (Å²) in [5, 5.41) is 20.2. The summed E-state index contributed by atoms with van der Waals surface area (Å²) in [7, 11) is 0. The Morgan fingerprint density at radius 3 is 2.74 bits per heavy atom. The number of anilines is 1. The van der Waals surface area contributed by atoms with E-state index >= 15 is 0 Å². The van der Waals surface area contributed by atoms with Crippen molar-refractivity contribution in [1.82, 2.24) is 0 Å². The topological polar surface area (TPSA) is 73.1 Å². The third-order valence-electron chi connectivity index (χ3n) is 2.47. The highest BCUT2D eigenvalue weighted by molar-refractivity contribution is 7.99. The minimum absolute atomic E-state index is 0.0526. The van der Waals surface area contributed by atoms with Crippen molar-refractivity contribution in [3.63, 3.8) is 0 Å². The molecule has 1 aromatic rings. The molecule has 5 heteroatoms. The van der Waals surface area contributed by atoms with Gasteiger partial charge in [0.05, 0.1) is 18.2 Å². The highest BCUT2D eigenvalue weighted by Gasteiger charge is 2.05. The number of hydrogen-bond donors (Lipinski definition) is 2. The molecule has 1 amide bonds. The van der Waals surface area contributed by atoms with Crippen molar-refractivity contribution in [2.24, 2.45) is 5.92 Å². The van der Waals surface area contributed by atoms with Gasteiger partial charge in [0, 0.05) is 12.3 Å². The standard InChI is InChI=1S/C14H18N2O2S/c1-11(8-17)9-19-10-14(18)16-13-4-2-12(3-5-13)6-7-15/h2-5,11,17H,6,8-10H2,1H3,(H,16,18). The Morgan fingerprint density at radius 2 is 2.16 bits per heavy atom. The second-order valence-electron chi connectivity index (χ2n) is 4.38. The summed E-state index contributed by atoms with van der Waals surface area (Å²) in [6.45, 7) is 2.09. The van der Waals surface area contributed by atoms with E-state index in [1.807, 2.05) is 19.1 Å². The van der Waals surface area contributed by atoms with Crippen LogP contribution in [0.25, 0.3) is 0 Å². The summed E-state index contributed by atoms with van der Waals surface area (Å²) in [5.41, 5.74) is 1.68. The van der Waals surface area contributed by atoms with Crippen LogP contribution < -0.4 is 5.32 Å². The number of aliphatic hydroxyl groups excluding tert-OH is 1. The van der Waals surface area contributed by atoms with Crippen LogP contribution in [-0.2, 0) is 11.2 Å². The molecule has 19 heavy (non-hydrogen) atoms. The zero-order valence-electron chi connectivity index (χ0n) is 10.9. The molecule has 1 unspecified atom stereocenters. The Bertz CT molecular complexity index is 440. The van der Waals surface area contributed by atoms with Crippen LogP contribution in [0.2, 0.25) is 0 Å². The van der Waals surface area contributed by atoms with Crippen molar-refractivity contribution in [3.8, 4) is 6.07 Å². The second kappa shape index (κ2) is 8.57. The molecular formula is C14H18N2O2S. The average Bonchev–Trinajstić information content (AvgIpc) is 2.41. The van der Waals surface area contributed by atoms with Crippen LogP contribution in [0.3, 0.4) is 0 Å². The maximum atomic E-state index is 11.6. The monoisotopic (exact) mass is 278 g/mol. The summed E-state index contributed by atoms with van der Waals surface area (Å²) in [4.78, 5) is 11.6. The summed E-state index contributed by atoms with van der Waals surface area (Å²) < 4.78 is 0. The minimum atomic E-state index is -0.0526. The molecule has 0 spiro atoms. The molecule has 0 aromatic heterocycles. The van der Waals surface area contributed by atoms with E-state index in [9.17, 15) is 4.79 Å². The Hall–Kier alpha value is -1.51. The number of carbonyl (C=O) groups excluding carboxylic acids is 1. The van der Waals surface area contributed by atoms with Crippen molar-refractivity contribution in [2.45, 2.75) is 13.3 Å². The fraction of sp³-hybridized carbons (Fsp3) is 0.429. The quantitative estimate of drug-likeness (QED) is 0.800. The predicted molar refractivity (Wildman–Crippen MR) is 78.0 cm³/mol. The molecule has 102 valence electrons. The molecule has 0 heterocycles. The third-order valence-corrected chi connectivity index (χ3v) is 3.74. The van der Waals surface area contributed by atoms with Crippen molar-refractivity contribution < 1.29 is 9.90 Å². The van der Waals surface area contributed by atoms with Gasteiger partial charge in [0.1, 0.15) is 0 Å². The molecule has 0 saturated heterocycles. The van der Waals surface area contributed by atoms with Crippen LogP contribution in [0.5, 0.6) is 0 Å². The number of carbonyl (C=O) groups is 1. The van der Waals surface area contributed by atoms with Crippen LogP contribution >= 0.6 is 11.8 Å². The minimum Gasteiger partial charge on any atom is -0.396 e. The smallest absolute Gasteiger partial charge is 0.234 e. The van der Waals surface area contributed by atoms with Gasteiger partial charge in [-0.15, -0.1) is 0 Å². The van der Waals surface area contributed by atoms with E-state index in [4.69, 9.17) is 10.4 Å². The zero-order chi connectivity index (χ0) is 14.1. The molecule has 0 aliphatic carbocycles. The van der Waals surface area contributed by atoms with Crippen LogP contribution in [0.1, 0.15) is 12.5 Å². The largest absolute Gasteiger partial charge is 0.396 e. The lowest BCUT2D eigenvalue weighted by Gasteiger charge is -2.08. The first-order chi connectivity index (χ1) is 9.15. The summed E-state index contributed by atoms with van der Waals surface area (Å²) >= 11 is 1.51. The number of thioether (sulfide) groups is 1. The van der Waals surface area contributed by atoms with Gasteiger partial charge in [0.25, 0.3) is 0 Å². The molecule has 1 rings (SSSR count). The van der Waals surface area contributed by atoms with Gasteiger partial charge in [-0.1, -0.05) is 19.1 Å². The number of amides is 1. The summed E-state index contributed by atoms with van der Waals surface area (Å²) in [6, 6.07) is 9.34. The van der Waals surface area contributed by atoms with Gasteiger partial charge in [-0.05, 0) is 29.4 Å². The number of nitriles is 1. The van der Waals surface area contributed by atoms with Crippen molar-refractivity contribution in [2.75, 3.05) is 23.4 Å². The van der Waals surface area contributed by atoms with Gasteiger partial charge in [-0.3, -0.25) is 4.79 Å². The van der Waals surface area contributed by atoms with E-state index in [2.05, 4.69) is 11.4 Å². The number of hydrogen-bond acceptors (Lipinski definition) is 4. The summed E-state index contributed by atoms with van der Waals surface area (Å²) in [5.74, 6) is 1.31. The summed E-state index contributed by atoms with van der Waals surface area (Å²) in [6.07, 6.45) is 0.378. The molecular weight excluding hydrogens is 260 g/mol. The maximum absolute atomic E-state index is 11.6. The molecule has 0 saturated carbocycles. The highest BCUT2D eigenvalue weighted by atomic mass is 32.2. The Morgan fingerprint density at radius 1 is 1.47 bits per heavy atom. The van der Waals surface area contributed by atoms with Gasteiger partial charge in [0.2, 0.25) is 5.91 Å². The zero-order valence-corrected chi connectivity index (χ0v) is 11.7. The van der Waals surface area contributed by atoms with Crippen LogP contribution in [0.15, 0.2) is 24.3 Å². The number of nitrogens with zero attached hydrogens (tertiary/aromatic N) is 1. The van der Waals surface area contributed by atoms with Gasteiger partial charge < -0.3 is 10.4 Å². The lowest BCUT2D eigenvalue weighted by molar-refractivity contribution is -0.113. The van der Waals surface area contributed by atoms with Crippen molar-refractivity contribution in [3.05, 3.63) is 29.8 Å². The second-order valence-corrected chi connectivity index (χ2v) is 5.41. The molecule has 1 atom stereocenters.